The molecule has 0 bridgehead atoms. The van der Waals surface area contributed by atoms with Crippen LogP contribution in [0.15, 0.2) is 53.1 Å². The minimum absolute atomic E-state index is 0.100. The first-order valence-electron chi connectivity index (χ1n) is 9.21. The van der Waals surface area contributed by atoms with Crippen molar-refractivity contribution in [3.8, 4) is 23.0 Å². The van der Waals surface area contributed by atoms with Gasteiger partial charge in [-0.1, -0.05) is 24.3 Å². The van der Waals surface area contributed by atoms with Gasteiger partial charge in [0.15, 0.2) is 11.5 Å². The summed E-state index contributed by atoms with van der Waals surface area (Å²) in [5.74, 6) is 2.27. The number of carbonyl (C=O) groups is 1. The van der Waals surface area contributed by atoms with Crippen molar-refractivity contribution in [1.29, 1.82) is 0 Å². The number of hydrogen-bond donors (Lipinski definition) is 1. The minimum atomic E-state index is -0.100. The van der Waals surface area contributed by atoms with Crippen LogP contribution in [-0.4, -0.2) is 27.5 Å². The third kappa shape index (κ3) is 3.29. The molecule has 0 atom stereocenters. The van der Waals surface area contributed by atoms with Gasteiger partial charge in [-0.2, -0.15) is 0 Å². The Morgan fingerprint density at radius 1 is 1.14 bits per heavy atom. The number of carbonyl (C=O) groups excluding carboxylic acids is 1. The maximum Gasteiger partial charge on any atom is 0.249 e. The number of ether oxygens (including phenoxy) is 2. The highest BCUT2D eigenvalue weighted by Crippen LogP contribution is 2.32. The van der Waals surface area contributed by atoms with Gasteiger partial charge in [0.25, 0.3) is 0 Å². The largest absolute Gasteiger partial charge is 0.454 e. The summed E-state index contributed by atoms with van der Waals surface area (Å²) in [7, 11) is 0. The molecule has 1 N–H and O–H groups in total. The number of aryl methyl sites for hydroxylation is 1. The summed E-state index contributed by atoms with van der Waals surface area (Å²) in [6.07, 6.45) is 1.87. The summed E-state index contributed by atoms with van der Waals surface area (Å²) in [6, 6.07) is 13.5. The van der Waals surface area contributed by atoms with Gasteiger partial charge < -0.3 is 23.8 Å². The number of fused-ring (bicyclic) bond motifs is 2. The quantitative estimate of drug-likeness (QED) is 0.563. The second-order valence-electron chi connectivity index (χ2n) is 6.78. The molecular formula is C21H18N4O4. The van der Waals surface area contributed by atoms with Crippen molar-refractivity contribution in [3.63, 3.8) is 0 Å². The molecule has 0 saturated heterocycles. The predicted octanol–water partition coefficient (Wildman–Crippen LogP) is 3.04. The SMILES string of the molecule is Cc1nnc(-c2cn(CC(=O)NCc3ccc4c(c3)OCO4)c3ccccc23)o1. The van der Waals surface area contributed by atoms with Crippen LogP contribution in [0.4, 0.5) is 0 Å². The lowest BCUT2D eigenvalue weighted by Crippen LogP contribution is -2.26. The van der Waals surface area contributed by atoms with Crippen LogP contribution in [0.3, 0.4) is 0 Å². The van der Waals surface area contributed by atoms with E-state index in [1.54, 1.807) is 6.92 Å². The highest BCUT2D eigenvalue weighted by molar-refractivity contribution is 5.94. The molecule has 8 heteroatoms. The summed E-state index contributed by atoms with van der Waals surface area (Å²) in [5, 5.41) is 11.9. The van der Waals surface area contributed by atoms with Crippen LogP contribution in [0.5, 0.6) is 11.5 Å². The number of nitrogens with one attached hydrogen (secondary N) is 1. The van der Waals surface area contributed by atoms with Crippen molar-refractivity contribution in [2.75, 3.05) is 6.79 Å². The second-order valence-corrected chi connectivity index (χ2v) is 6.78. The minimum Gasteiger partial charge on any atom is -0.454 e. The fraction of sp³-hybridized carbons (Fsp3) is 0.190. The Hall–Kier alpha value is -3.81. The molecule has 146 valence electrons. The topological polar surface area (TPSA) is 91.4 Å². The zero-order valence-electron chi connectivity index (χ0n) is 15.7. The number of nitrogens with zero attached hydrogens (tertiary/aromatic N) is 3. The third-order valence-corrected chi connectivity index (χ3v) is 4.79. The molecule has 0 aliphatic carbocycles. The maximum absolute atomic E-state index is 12.6. The van der Waals surface area contributed by atoms with Crippen LogP contribution in [0.2, 0.25) is 0 Å². The van der Waals surface area contributed by atoms with Crippen molar-refractivity contribution in [2.45, 2.75) is 20.0 Å². The molecule has 29 heavy (non-hydrogen) atoms. The predicted molar refractivity (Wildman–Crippen MR) is 104 cm³/mol. The molecule has 0 radical (unpaired) electrons. The van der Waals surface area contributed by atoms with Gasteiger partial charge in [-0.15, -0.1) is 10.2 Å². The Morgan fingerprint density at radius 2 is 2.00 bits per heavy atom. The molecular weight excluding hydrogens is 372 g/mol. The molecule has 4 aromatic rings. The molecule has 3 heterocycles. The first-order chi connectivity index (χ1) is 14.2. The first-order valence-corrected chi connectivity index (χ1v) is 9.21. The number of hydrogen-bond acceptors (Lipinski definition) is 6. The van der Waals surface area contributed by atoms with Crippen molar-refractivity contribution in [1.82, 2.24) is 20.1 Å². The number of amides is 1. The zero-order chi connectivity index (χ0) is 19.8. The fourth-order valence-corrected chi connectivity index (χ4v) is 3.42. The molecule has 0 fully saturated rings. The van der Waals surface area contributed by atoms with Crippen LogP contribution in [0.1, 0.15) is 11.5 Å². The van der Waals surface area contributed by atoms with E-state index in [4.69, 9.17) is 13.9 Å². The van der Waals surface area contributed by atoms with Crippen molar-refractivity contribution < 1.29 is 18.7 Å². The van der Waals surface area contributed by atoms with E-state index in [0.717, 1.165) is 27.8 Å². The monoisotopic (exact) mass is 390 g/mol. The molecule has 1 aliphatic rings. The molecule has 8 nitrogen and oxygen atoms in total. The normalized spacial score (nSPS) is 12.4. The third-order valence-electron chi connectivity index (χ3n) is 4.79. The first kappa shape index (κ1) is 17.3. The lowest BCUT2D eigenvalue weighted by Gasteiger charge is -2.08. The standard InChI is InChI=1S/C21H18N4O4/c1-13-23-24-21(29-13)16-10-25(17-5-3-2-4-15(16)17)11-20(26)22-9-14-6-7-18-19(8-14)28-12-27-18/h2-8,10H,9,11-12H2,1H3,(H,22,26). The average molecular weight is 390 g/mol. The van der Waals surface area contributed by atoms with Gasteiger partial charge in [0.2, 0.25) is 24.5 Å². The van der Waals surface area contributed by atoms with Gasteiger partial charge in [-0.05, 0) is 23.8 Å². The van der Waals surface area contributed by atoms with Crippen molar-refractivity contribution in [3.05, 3.63) is 60.1 Å². The van der Waals surface area contributed by atoms with E-state index >= 15 is 0 Å². The summed E-state index contributed by atoms with van der Waals surface area (Å²) in [4.78, 5) is 12.6. The summed E-state index contributed by atoms with van der Waals surface area (Å²) in [6.45, 7) is 2.57. The number of aromatic nitrogens is 3. The van der Waals surface area contributed by atoms with Gasteiger partial charge >= 0.3 is 0 Å². The Kier molecular flexibility index (Phi) is 4.16. The van der Waals surface area contributed by atoms with Gasteiger partial charge in [0.05, 0.1) is 5.56 Å². The zero-order valence-corrected chi connectivity index (χ0v) is 15.7. The Labute approximate surface area is 166 Å². The van der Waals surface area contributed by atoms with E-state index in [9.17, 15) is 4.79 Å². The van der Waals surface area contributed by atoms with E-state index < -0.39 is 0 Å². The molecule has 0 spiro atoms. The molecule has 2 aromatic heterocycles. The maximum atomic E-state index is 12.6. The van der Waals surface area contributed by atoms with Gasteiger partial charge in [-0.3, -0.25) is 4.79 Å². The van der Waals surface area contributed by atoms with Gasteiger partial charge in [0, 0.05) is 30.6 Å². The summed E-state index contributed by atoms with van der Waals surface area (Å²) in [5.41, 5.74) is 2.68. The highest BCUT2D eigenvalue weighted by Gasteiger charge is 2.17. The summed E-state index contributed by atoms with van der Waals surface area (Å²) < 4.78 is 18.2. The van der Waals surface area contributed by atoms with E-state index in [0.29, 0.717) is 24.1 Å². The van der Waals surface area contributed by atoms with Crippen LogP contribution in [0.25, 0.3) is 22.4 Å². The van der Waals surface area contributed by atoms with E-state index in [1.165, 1.54) is 0 Å². The number of benzene rings is 2. The van der Waals surface area contributed by atoms with E-state index in [1.807, 2.05) is 53.2 Å². The molecule has 2 aromatic carbocycles. The molecule has 0 saturated carbocycles. The average Bonchev–Trinajstić information content (AvgIpc) is 3.45. The van der Waals surface area contributed by atoms with Crippen LogP contribution >= 0.6 is 0 Å². The van der Waals surface area contributed by atoms with Gasteiger partial charge in [0.1, 0.15) is 6.54 Å². The molecule has 0 unspecified atom stereocenters. The lowest BCUT2D eigenvalue weighted by atomic mass is 10.2. The Bertz CT molecular complexity index is 1210. The van der Waals surface area contributed by atoms with Crippen molar-refractivity contribution in [2.24, 2.45) is 0 Å². The van der Waals surface area contributed by atoms with Crippen LogP contribution in [0, 0.1) is 6.92 Å². The Balaban J connectivity index is 1.34. The van der Waals surface area contributed by atoms with Gasteiger partial charge in [-0.25, -0.2) is 0 Å². The van der Waals surface area contributed by atoms with E-state index in [-0.39, 0.29) is 19.2 Å². The van der Waals surface area contributed by atoms with Crippen LogP contribution < -0.4 is 14.8 Å². The summed E-state index contributed by atoms with van der Waals surface area (Å²) >= 11 is 0. The van der Waals surface area contributed by atoms with Crippen molar-refractivity contribution >= 4 is 16.8 Å². The second kappa shape index (κ2) is 6.97. The number of para-hydroxylation sites is 1. The number of rotatable bonds is 5. The Morgan fingerprint density at radius 3 is 2.86 bits per heavy atom. The smallest absolute Gasteiger partial charge is 0.249 e. The fourth-order valence-electron chi connectivity index (χ4n) is 3.42. The molecule has 1 aliphatic heterocycles. The highest BCUT2D eigenvalue weighted by atomic mass is 16.7. The molecule has 1 amide bonds. The van der Waals surface area contributed by atoms with Crippen LogP contribution in [-0.2, 0) is 17.9 Å². The molecule has 5 rings (SSSR count). The lowest BCUT2D eigenvalue weighted by molar-refractivity contribution is -0.121. The van der Waals surface area contributed by atoms with E-state index in [2.05, 4.69) is 15.5 Å².